The Morgan fingerprint density at radius 3 is 2.64 bits per heavy atom. The van der Waals surface area contributed by atoms with Gasteiger partial charge in [0.25, 0.3) is 0 Å². The van der Waals surface area contributed by atoms with Crippen molar-refractivity contribution < 1.29 is 0 Å². The van der Waals surface area contributed by atoms with Gasteiger partial charge in [0.15, 0.2) is 0 Å². The van der Waals surface area contributed by atoms with Crippen LogP contribution in [0.1, 0.15) is 51.9 Å². The van der Waals surface area contributed by atoms with Crippen LogP contribution in [0.5, 0.6) is 0 Å². The Morgan fingerprint density at radius 2 is 2.07 bits per heavy atom. The Bertz CT molecular complexity index is 174. The molecule has 1 rings (SSSR count). The van der Waals surface area contributed by atoms with Crippen molar-refractivity contribution in [3.63, 3.8) is 0 Å². The average molecular weight is 193 g/mol. The molecule has 0 aromatic carbocycles. The molecule has 1 aliphatic rings. The van der Waals surface area contributed by atoms with Crippen molar-refractivity contribution in [3.05, 3.63) is 0 Å². The molecular weight excluding hydrogens is 170 g/mol. The van der Waals surface area contributed by atoms with Crippen LogP contribution < -0.4 is 5.32 Å². The molecule has 0 spiro atoms. The fourth-order valence-electron chi connectivity index (χ4n) is 2.54. The molecule has 1 heteroatoms. The summed E-state index contributed by atoms with van der Waals surface area (Å²) in [5.74, 6) is 3.57. The van der Waals surface area contributed by atoms with E-state index in [1.54, 1.807) is 0 Å². The summed E-state index contributed by atoms with van der Waals surface area (Å²) in [6, 6.07) is 0.677. The minimum atomic E-state index is 0.677. The smallest absolute Gasteiger partial charge is 0.0576 e. The topological polar surface area (TPSA) is 12.0 Å². The fourth-order valence-corrected chi connectivity index (χ4v) is 2.54. The molecule has 0 aromatic rings. The zero-order valence-corrected chi connectivity index (χ0v) is 9.39. The third-order valence-corrected chi connectivity index (χ3v) is 3.28. The monoisotopic (exact) mass is 193 g/mol. The SMILES string of the molecule is C#CCNC(CCC)C1CCCCC1. The summed E-state index contributed by atoms with van der Waals surface area (Å²) in [5, 5.41) is 3.50. The lowest BCUT2D eigenvalue weighted by Crippen LogP contribution is -2.37. The second-order valence-corrected chi connectivity index (χ2v) is 4.38. The first-order chi connectivity index (χ1) is 6.88. The lowest BCUT2D eigenvalue weighted by atomic mass is 9.82. The fraction of sp³-hybridized carbons (Fsp3) is 0.846. The lowest BCUT2D eigenvalue weighted by molar-refractivity contribution is 0.262. The first-order valence-electron chi connectivity index (χ1n) is 6.05. The summed E-state index contributed by atoms with van der Waals surface area (Å²) in [6.45, 7) is 2.99. The molecule has 0 bridgehead atoms. The first kappa shape index (κ1) is 11.6. The van der Waals surface area contributed by atoms with Crippen molar-refractivity contribution in [2.45, 2.75) is 57.9 Å². The molecule has 1 aliphatic carbocycles. The molecule has 1 fully saturated rings. The Labute approximate surface area is 88.7 Å². The quantitative estimate of drug-likeness (QED) is 0.662. The number of nitrogens with one attached hydrogen (secondary N) is 1. The standard InChI is InChI=1S/C13H23N/c1-3-8-13(14-11-4-2)12-9-6-5-7-10-12/h2,12-14H,3,5-11H2,1H3. The molecule has 0 aliphatic heterocycles. The van der Waals surface area contributed by atoms with Gasteiger partial charge < -0.3 is 5.32 Å². The highest BCUT2D eigenvalue weighted by Gasteiger charge is 2.21. The third kappa shape index (κ3) is 3.72. The van der Waals surface area contributed by atoms with Gasteiger partial charge in [-0.1, -0.05) is 38.5 Å². The molecule has 1 atom stereocenters. The maximum atomic E-state index is 5.29. The Morgan fingerprint density at radius 1 is 1.36 bits per heavy atom. The molecule has 0 saturated heterocycles. The second-order valence-electron chi connectivity index (χ2n) is 4.38. The van der Waals surface area contributed by atoms with Gasteiger partial charge in [-0.25, -0.2) is 0 Å². The van der Waals surface area contributed by atoms with Crippen molar-refractivity contribution >= 4 is 0 Å². The van der Waals surface area contributed by atoms with Crippen molar-refractivity contribution in [2.75, 3.05) is 6.54 Å². The number of terminal acetylenes is 1. The molecular formula is C13H23N. The molecule has 0 radical (unpaired) electrons. The second kappa shape index (κ2) is 6.90. The van der Waals surface area contributed by atoms with Crippen LogP contribution in [0.3, 0.4) is 0 Å². The summed E-state index contributed by atoms with van der Waals surface area (Å²) >= 11 is 0. The molecule has 1 unspecified atom stereocenters. The van der Waals surface area contributed by atoms with Gasteiger partial charge in [-0.05, 0) is 25.2 Å². The number of hydrogen-bond donors (Lipinski definition) is 1. The molecule has 80 valence electrons. The zero-order chi connectivity index (χ0) is 10.2. The predicted molar refractivity (Wildman–Crippen MR) is 62.1 cm³/mol. The maximum absolute atomic E-state index is 5.29. The van der Waals surface area contributed by atoms with Gasteiger partial charge in [0.05, 0.1) is 6.54 Å². The van der Waals surface area contributed by atoms with E-state index >= 15 is 0 Å². The minimum absolute atomic E-state index is 0.677. The van der Waals surface area contributed by atoms with Crippen LogP contribution in [-0.4, -0.2) is 12.6 Å². The molecule has 0 heterocycles. The van der Waals surface area contributed by atoms with Crippen molar-refractivity contribution in [1.29, 1.82) is 0 Å². The Kier molecular flexibility index (Phi) is 5.71. The van der Waals surface area contributed by atoms with Crippen molar-refractivity contribution in [1.82, 2.24) is 5.32 Å². The van der Waals surface area contributed by atoms with E-state index in [1.165, 1.54) is 44.9 Å². The van der Waals surface area contributed by atoms with Gasteiger partial charge in [-0.3, -0.25) is 0 Å². The van der Waals surface area contributed by atoms with Crippen LogP contribution in [-0.2, 0) is 0 Å². The molecule has 1 nitrogen and oxygen atoms in total. The van der Waals surface area contributed by atoms with Gasteiger partial charge in [0.2, 0.25) is 0 Å². The highest BCUT2D eigenvalue weighted by molar-refractivity contribution is 4.90. The largest absolute Gasteiger partial charge is 0.303 e. The van der Waals surface area contributed by atoms with Crippen LogP contribution in [0.4, 0.5) is 0 Å². The van der Waals surface area contributed by atoms with Gasteiger partial charge in [-0.15, -0.1) is 6.42 Å². The van der Waals surface area contributed by atoms with Crippen LogP contribution >= 0.6 is 0 Å². The van der Waals surface area contributed by atoms with E-state index in [2.05, 4.69) is 18.2 Å². The van der Waals surface area contributed by atoms with E-state index in [4.69, 9.17) is 6.42 Å². The maximum Gasteiger partial charge on any atom is 0.0576 e. The van der Waals surface area contributed by atoms with Gasteiger partial charge in [-0.2, -0.15) is 0 Å². The van der Waals surface area contributed by atoms with Crippen LogP contribution in [0.15, 0.2) is 0 Å². The van der Waals surface area contributed by atoms with Crippen molar-refractivity contribution in [3.8, 4) is 12.3 Å². The third-order valence-electron chi connectivity index (χ3n) is 3.28. The van der Waals surface area contributed by atoms with E-state index in [0.29, 0.717) is 6.04 Å². The van der Waals surface area contributed by atoms with E-state index in [0.717, 1.165) is 12.5 Å². The summed E-state index contributed by atoms with van der Waals surface area (Å²) in [5.41, 5.74) is 0. The van der Waals surface area contributed by atoms with E-state index < -0.39 is 0 Å². The summed E-state index contributed by atoms with van der Waals surface area (Å²) in [4.78, 5) is 0. The highest BCUT2D eigenvalue weighted by Crippen LogP contribution is 2.28. The van der Waals surface area contributed by atoms with E-state index in [9.17, 15) is 0 Å². The Balaban J connectivity index is 2.35. The molecule has 0 aromatic heterocycles. The highest BCUT2D eigenvalue weighted by atomic mass is 14.9. The summed E-state index contributed by atoms with van der Waals surface area (Å²) in [6.07, 6.45) is 14.9. The van der Waals surface area contributed by atoms with Gasteiger partial charge in [0, 0.05) is 6.04 Å². The summed E-state index contributed by atoms with van der Waals surface area (Å²) in [7, 11) is 0. The number of hydrogen-bond acceptors (Lipinski definition) is 1. The Hall–Kier alpha value is -0.480. The lowest BCUT2D eigenvalue weighted by Gasteiger charge is -2.30. The van der Waals surface area contributed by atoms with Gasteiger partial charge in [0.1, 0.15) is 0 Å². The zero-order valence-electron chi connectivity index (χ0n) is 9.39. The predicted octanol–water partition coefficient (Wildman–Crippen LogP) is 2.96. The first-order valence-corrected chi connectivity index (χ1v) is 6.05. The minimum Gasteiger partial charge on any atom is -0.303 e. The average Bonchev–Trinajstić information content (AvgIpc) is 2.25. The van der Waals surface area contributed by atoms with Crippen LogP contribution in [0, 0.1) is 18.3 Å². The summed E-state index contributed by atoms with van der Waals surface area (Å²) < 4.78 is 0. The molecule has 14 heavy (non-hydrogen) atoms. The van der Waals surface area contributed by atoms with Gasteiger partial charge >= 0.3 is 0 Å². The van der Waals surface area contributed by atoms with Crippen LogP contribution in [0.2, 0.25) is 0 Å². The van der Waals surface area contributed by atoms with Crippen LogP contribution in [0.25, 0.3) is 0 Å². The molecule has 1 saturated carbocycles. The van der Waals surface area contributed by atoms with E-state index in [-0.39, 0.29) is 0 Å². The molecule has 1 N–H and O–H groups in total. The van der Waals surface area contributed by atoms with Crippen molar-refractivity contribution in [2.24, 2.45) is 5.92 Å². The normalized spacial score (nSPS) is 20.3. The number of rotatable bonds is 5. The molecule has 0 amide bonds. The van der Waals surface area contributed by atoms with E-state index in [1.807, 2.05) is 0 Å².